The van der Waals surface area contributed by atoms with Crippen LogP contribution < -0.4 is 4.90 Å². The number of aryl methyl sites for hydroxylation is 1. The maximum absolute atomic E-state index is 13.1. The summed E-state index contributed by atoms with van der Waals surface area (Å²) >= 11 is 0. The van der Waals surface area contributed by atoms with Crippen LogP contribution in [-0.2, 0) is 6.42 Å². The number of anilines is 1. The van der Waals surface area contributed by atoms with Crippen LogP contribution in [0.2, 0.25) is 0 Å². The molecular weight excluding hydrogens is 348 g/mol. The number of aromatic nitrogens is 2. The number of nitrogens with zero attached hydrogens (tertiary/aromatic N) is 4. The van der Waals surface area contributed by atoms with Gasteiger partial charge in [0.1, 0.15) is 17.3 Å². The molecule has 1 amide bonds. The molecule has 2 aliphatic rings. The fourth-order valence-corrected chi connectivity index (χ4v) is 4.40. The summed E-state index contributed by atoms with van der Waals surface area (Å²) in [5.74, 6) is 2.31. The standard InChI is InChI=1S/C23H30N4O/c1-18-24-21(17-22(25-18)26-12-6-3-7-13-26)23(28)27-14-10-20(11-15-27)16-19-8-4-2-5-9-19/h2,4-5,8-9,17,20H,3,6-7,10-16H2,1H3. The molecule has 2 fully saturated rings. The van der Waals surface area contributed by atoms with E-state index in [1.54, 1.807) is 0 Å². The minimum absolute atomic E-state index is 0.0573. The van der Waals surface area contributed by atoms with Gasteiger partial charge in [-0.15, -0.1) is 0 Å². The molecule has 0 radical (unpaired) electrons. The number of amides is 1. The Balaban J connectivity index is 1.39. The SMILES string of the molecule is Cc1nc(C(=O)N2CCC(Cc3ccccc3)CC2)cc(N2CCCCC2)n1. The zero-order valence-electron chi connectivity index (χ0n) is 16.8. The van der Waals surface area contributed by atoms with E-state index in [2.05, 4.69) is 45.2 Å². The van der Waals surface area contributed by atoms with Gasteiger partial charge in [-0.05, 0) is 56.9 Å². The molecule has 148 valence electrons. The van der Waals surface area contributed by atoms with Gasteiger partial charge in [-0.2, -0.15) is 0 Å². The molecule has 0 spiro atoms. The van der Waals surface area contributed by atoms with E-state index >= 15 is 0 Å². The van der Waals surface area contributed by atoms with Crippen LogP contribution in [0.4, 0.5) is 5.82 Å². The van der Waals surface area contributed by atoms with Crippen LogP contribution in [-0.4, -0.2) is 47.0 Å². The van der Waals surface area contributed by atoms with Crippen molar-refractivity contribution in [2.45, 2.75) is 45.4 Å². The van der Waals surface area contributed by atoms with Gasteiger partial charge in [0.15, 0.2) is 0 Å². The monoisotopic (exact) mass is 378 g/mol. The molecule has 0 unspecified atom stereocenters. The van der Waals surface area contributed by atoms with Gasteiger partial charge >= 0.3 is 0 Å². The van der Waals surface area contributed by atoms with E-state index in [1.807, 2.05) is 17.9 Å². The summed E-state index contributed by atoms with van der Waals surface area (Å²) in [6.45, 7) is 5.57. The lowest BCUT2D eigenvalue weighted by Crippen LogP contribution is -2.39. The van der Waals surface area contributed by atoms with Crippen LogP contribution in [0.3, 0.4) is 0 Å². The Morgan fingerprint density at radius 2 is 1.71 bits per heavy atom. The summed E-state index contributed by atoms with van der Waals surface area (Å²) < 4.78 is 0. The smallest absolute Gasteiger partial charge is 0.272 e. The molecule has 3 heterocycles. The van der Waals surface area contributed by atoms with E-state index in [9.17, 15) is 4.79 Å². The maximum Gasteiger partial charge on any atom is 0.272 e. The van der Waals surface area contributed by atoms with Gasteiger partial charge in [-0.25, -0.2) is 9.97 Å². The summed E-state index contributed by atoms with van der Waals surface area (Å²) in [7, 11) is 0. The summed E-state index contributed by atoms with van der Waals surface area (Å²) in [5, 5.41) is 0. The van der Waals surface area contributed by atoms with Gasteiger partial charge in [0.05, 0.1) is 0 Å². The van der Waals surface area contributed by atoms with Gasteiger partial charge in [0.25, 0.3) is 5.91 Å². The third kappa shape index (κ3) is 4.51. The molecular formula is C23H30N4O. The van der Waals surface area contributed by atoms with Crippen LogP contribution in [0.25, 0.3) is 0 Å². The van der Waals surface area contributed by atoms with E-state index in [1.165, 1.54) is 24.8 Å². The number of hydrogen-bond acceptors (Lipinski definition) is 4. The van der Waals surface area contributed by atoms with Crippen molar-refractivity contribution >= 4 is 11.7 Å². The highest BCUT2D eigenvalue weighted by molar-refractivity contribution is 5.93. The molecule has 4 rings (SSSR count). The Labute approximate surface area is 167 Å². The first-order valence-corrected chi connectivity index (χ1v) is 10.6. The minimum Gasteiger partial charge on any atom is -0.356 e. The first-order chi connectivity index (χ1) is 13.7. The number of carbonyl (C=O) groups excluding carboxylic acids is 1. The van der Waals surface area contributed by atoms with E-state index in [-0.39, 0.29) is 5.91 Å². The van der Waals surface area contributed by atoms with Crippen molar-refractivity contribution in [2.24, 2.45) is 5.92 Å². The number of benzene rings is 1. The third-order valence-corrected chi connectivity index (χ3v) is 5.99. The van der Waals surface area contributed by atoms with E-state index in [0.717, 1.165) is 51.3 Å². The first-order valence-electron chi connectivity index (χ1n) is 10.6. The molecule has 2 aromatic rings. The molecule has 0 saturated carbocycles. The van der Waals surface area contributed by atoms with Crippen molar-refractivity contribution in [2.75, 3.05) is 31.1 Å². The van der Waals surface area contributed by atoms with Crippen LogP contribution in [0.5, 0.6) is 0 Å². The highest BCUT2D eigenvalue weighted by Gasteiger charge is 2.25. The second-order valence-corrected chi connectivity index (χ2v) is 8.13. The second kappa shape index (κ2) is 8.72. The Morgan fingerprint density at radius 1 is 1.00 bits per heavy atom. The molecule has 0 atom stereocenters. The Kier molecular flexibility index (Phi) is 5.89. The fraction of sp³-hybridized carbons (Fsp3) is 0.522. The highest BCUT2D eigenvalue weighted by atomic mass is 16.2. The van der Waals surface area contributed by atoms with Crippen LogP contribution in [0, 0.1) is 12.8 Å². The normalized spacial score (nSPS) is 18.3. The highest BCUT2D eigenvalue weighted by Crippen LogP contribution is 2.24. The van der Waals surface area contributed by atoms with Crippen molar-refractivity contribution in [1.82, 2.24) is 14.9 Å². The zero-order chi connectivity index (χ0) is 19.3. The third-order valence-electron chi connectivity index (χ3n) is 5.99. The summed E-state index contributed by atoms with van der Waals surface area (Å²) in [6.07, 6.45) is 6.90. The van der Waals surface area contributed by atoms with Crippen molar-refractivity contribution in [1.29, 1.82) is 0 Å². The van der Waals surface area contributed by atoms with Gasteiger partial charge in [0, 0.05) is 32.2 Å². The maximum atomic E-state index is 13.1. The topological polar surface area (TPSA) is 49.3 Å². The molecule has 0 bridgehead atoms. The van der Waals surface area contributed by atoms with E-state index in [0.29, 0.717) is 17.4 Å². The Hall–Kier alpha value is -2.43. The van der Waals surface area contributed by atoms with Crippen molar-refractivity contribution < 1.29 is 4.79 Å². The van der Waals surface area contributed by atoms with Gasteiger partial charge < -0.3 is 9.80 Å². The molecule has 0 N–H and O–H groups in total. The molecule has 28 heavy (non-hydrogen) atoms. The van der Waals surface area contributed by atoms with Crippen LogP contribution in [0.1, 0.15) is 54.0 Å². The largest absolute Gasteiger partial charge is 0.356 e. The molecule has 0 aliphatic carbocycles. The van der Waals surface area contributed by atoms with E-state index in [4.69, 9.17) is 0 Å². The summed E-state index contributed by atoms with van der Waals surface area (Å²) in [5.41, 5.74) is 1.94. The number of piperidine rings is 2. The number of likely N-dealkylation sites (tertiary alicyclic amines) is 1. The lowest BCUT2D eigenvalue weighted by Gasteiger charge is -2.32. The van der Waals surface area contributed by atoms with Gasteiger partial charge in [-0.1, -0.05) is 30.3 Å². The first kappa shape index (κ1) is 18.9. The zero-order valence-corrected chi connectivity index (χ0v) is 16.8. The molecule has 1 aromatic carbocycles. The summed E-state index contributed by atoms with van der Waals surface area (Å²) in [6, 6.07) is 12.6. The average molecular weight is 379 g/mol. The fourth-order valence-electron chi connectivity index (χ4n) is 4.40. The van der Waals surface area contributed by atoms with Crippen LogP contribution >= 0.6 is 0 Å². The van der Waals surface area contributed by atoms with E-state index < -0.39 is 0 Å². The number of rotatable bonds is 4. The lowest BCUT2D eigenvalue weighted by atomic mass is 9.90. The minimum atomic E-state index is 0.0573. The second-order valence-electron chi connectivity index (χ2n) is 8.13. The Bertz CT molecular complexity index is 794. The quantitative estimate of drug-likeness (QED) is 0.810. The van der Waals surface area contributed by atoms with Crippen molar-refractivity contribution in [3.8, 4) is 0 Å². The molecule has 2 saturated heterocycles. The Morgan fingerprint density at radius 3 is 2.43 bits per heavy atom. The van der Waals surface area contributed by atoms with Gasteiger partial charge in [0.2, 0.25) is 0 Å². The number of hydrogen-bond donors (Lipinski definition) is 0. The van der Waals surface area contributed by atoms with Crippen molar-refractivity contribution in [3.05, 3.63) is 53.5 Å². The lowest BCUT2D eigenvalue weighted by molar-refractivity contribution is 0.0684. The van der Waals surface area contributed by atoms with Gasteiger partial charge in [-0.3, -0.25) is 4.79 Å². The average Bonchev–Trinajstić information content (AvgIpc) is 2.75. The molecule has 2 aliphatic heterocycles. The molecule has 5 nitrogen and oxygen atoms in total. The van der Waals surface area contributed by atoms with Crippen LogP contribution in [0.15, 0.2) is 36.4 Å². The molecule has 1 aromatic heterocycles. The molecule has 5 heteroatoms. The van der Waals surface area contributed by atoms with Crippen molar-refractivity contribution in [3.63, 3.8) is 0 Å². The number of carbonyl (C=O) groups is 1. The predicted molar refractivity (Wildman–Crippen MR) is 112 cm³/mol. The summed E-state index contributed by atoms with van der Waals surface area (Å²) in [4.78, 5) is 26.4. The predicted octanol–water partition coefficient (Wildman–Crippen LogP) is 3.87.